The van der Waals surface area contributed by atoms with Gasteiger partial charge in [-0.3, -0.25) is 4.79 Å². The fraction of sp³-hybridized carbons (Fsp3) is 0.562. The molecule has 0 unspecified atom stereocenters. The second-order valence-electron chi connectivity index (χ2n) is 5.66. The van der Waals surface area contributed by atoms with Crippen LogP contribution in [0.25, 0.3) is 0 Å². The first-order chi connectivity index (χ1) is 9.66. The van der Waals surface area contributed by atoms with Gasteiger partial charge in [0, 0.05) is 23.4 Å². The lowest BCUT2D eigenvalue weighted by atomic mass is 9.79. The van der Waals surface area contributed by atoms with Gasteiger partial charge in [0.2, 0.25) is 5.91 Å². The Kier molecular flexibility index (Phi) is 5.44. The number of carbonyl (C=O) groups excluding carboxylic acids is 1. The zero-order valence-electron chi connectivity index (χ0n) is 11.8. The van der Waals surface area contributed by atoms with Gasteiger partial charge < -0.3 is 11.1 Å². The lowest BCUT2D eigenvalue weighted by molar-refractivity contribution is -0.121. The van der Waals surface area contributed by atoms with Crippen LogP contribution in [0.5, 0.6) is 0 Å². The van der Waals surface area contributed by atoms with E-state index in [0.29, 0.717) is 13.0 Å². The van der Waals surface area contributed by atoms with Gasteiger partial charge in [-0.25, -0.2) is 0 Å². The monoisotopic (exact) mass is 294 g/mol. The van der Waals surface area contributed by atoms with Crippen molar-refractivity contribution in [3.05, 3.63) is 34.9 Å². The van der Waals surface area contributed by atoms with E-state index in [2.05, 4.69) is 17.4 Å². The molecule has 0 aliphatic heterocycles. The Morgan fingerprint density at radius 1 is 1.25 bits per heavy atom. The second kappa shape index (κ2) is 7.09. The Bertz CT molecular complexity index is 438. The lowest BCUT2D eigenvalue weighted by Gasteiger charge is -2.30. The van der Waals surface area contributed by atoms with Crippen LogP contribution < -0.4 is 11.1 Å². The second-order valence-corrected chi connectivity index (χ2v) is 6.10. The van der Waals surface area contributed by atoms with Gasteiger partial charge in [0.25, 0.3) is 0 Å². The Balaban J connectivity index is 2.02. The molecule has 1 aromatic rings. The molecule has 110 valence electrons. The van der Waals surface area contributed by atoms with E-state index < -0.39 is 0 Å². The number of nitrogens with two attached hydrogens (primary N) is 1. The molecule has 0 aromatic heterocycles. The highest BCUT2D eigenvalue weighted by Gasteiger charge is 2.35. The van der Waals surface area contributed by atoms with E-state index >= 15 is 0 Å². The Labute approximate surface area is 125 Å². The summed E-state index contributed by atoms with van der Waals surface area (Å²) in [7, 11) is 0. The Hall–Kier alpha value is -1.06. The summed E-state index contributed by atoms with van der Waals surface area (Å²) in [6, 6.07) is 8.07. The first-order valence-corrected chi connectivity index (χ1v) is 7.77. The normalized spacial score (nSPS) is 17.1. The molecule has 0 spiro atoms. The SMILES string of the molecule is NCCCC(=O)NCC1(c2ccc(Cl)cc2)CCCC1. The maximum atomic E-state index is 11.8. The van der Waals surface area contributed by atoms with Crippen molar-refractivity contribution in [3.63, 3.8) is 0 Å². The van der Waals surface area contributed by atoms with Crippen molar-refractivity contribution in [3.8, 4) is 0 Å². The van der Waals surface area contributed by atoms with Crippen LogP contribution in [0.1, 0.15) is 44.1 Å². The zero-order valence-corrected chi connectivity index (χ0v) is 12.6. The smallest absolute Gasteiger partial charge is 0.220 e. The first-order valence-electron chi connectivity index (χ1n) is 7.39. The molecule has 0 heterocycles. The maximum Gasteiger partial charge on any atom is 0.220 e. The van der Waals surface area contributed by atoms with Crippen molar-refractivity contribution in [2.24, 2.45) is 5.73 Å². The largest absolute Gasteiger partial charge is 0.355 e. The maximum absolute atomic E-state index is 11.8. The fourth-order valence-electron chi connectivity index (χ4n) is 3.04. The van der Waals surface area contributed by atoms with E-state index in [0.717, 1.165) is 30.8 Å². The average molecular weight is 295 g/mol. The van der Waals surface area contributed by atoms with Crippen molar-refractivity contribution in [1.82, 2.24) is 5.32 Å². The van der Waals surface area contributed by atoms with Crippen molar-refractivity contribution >= 4 is 17.5 Å². The molecule has 3 nitrogen and oxygen atoms in total. The zero-order chi connectivity index (χ0) is 14.4. The quantitative estimate of drug-likeness (QED) is 0.847. The number of rotatable bonds is 6. The van der Waals surface area contributed by atoms with Gasteiger partial charge in [0.05, 0.1) is 0 Å². The number of hydrogen-bond donors (Lipinski definition) is 2. The molecule has 1 amide bonds. The summed E-state index contributed by atoms with van der Waals surface area (Å²) in [5.74, 6) is 0.107. The third kappa shape index (κ3) is 3.74. The minimum absolute atomic E-state index is 0.0863. The van der Waals surface area contributed by atoms with Crippen LogP contribution in [-0.2, 0) is 10.2 Å². The fourth-order valence-corrected chi connectivity index (χ4v) is 3.17. The lowest BCUT2D eigenvalue weighted by Crippen LogP contribution is -2.39. The molecule has 1 aliphatic rings. The molecule has 0 atom stereocenters. The summed E-state index contributed by atoms with van der Waals surface area (Å²) in [5, 5.41) is 3.84. The predicted octanol–water partition coefficient (Wildman–Crippen LogP) is 3.01. The standard InChI is InChI=1S/C16H23ClN2O/c17-14-7-5-13(6-8-14)16(9-1-2-10-16)12-19-15(20)4-3-11-18/h5-8H,1-4,9-12,18H2,(H,19,20). The van der Waals surface area contributed by atoms with E-state index in [-0.39, 0.29) is 11.3 Å². The number of hydrogen-bond acceptors (Lipinski definition) is 2. The number of amides is 1. The number of benzene rings is 1. The average Bonchev–Trinajstić information content (AvgIpc) is 2.93. The van der Waals surface area contributed by atoms with Crippen LogP contribution in [0.15, 0.2) is 24.3 Å². The van der Waals surface area contributed by atoms with Crippen molar-refractivity contribution in [2.45, 2.75) is 43.9 Å². The van der Waals surface area contributed by atoms with Gasteiger partial charge in [0.15, 0.2) is 0 Å². The van der Waals surface area contributed by atoms with E-state index in [1.807, 2.05) is 12.1 Å². The highest BCUT2D eigenvalue weighted by molar-refractivity contribution is 6.30. The Morgan fingerprint density at radius 3 is 2.50 bits per heavy atom. The molecule has 1 aliphatic carbocycles. The third-order valence-corrected chi connectivity index (χ3v) is 4.50. The predicted molar refractivity (Wildman–Crippen MR) is 82.9 cm³/mol. The molecule has 0 bridgehead atoms. The van der Waals surface area contributed by atoms with Crippen LogP contribution in [0, 0.1) is 0 Å². The molecule has 1 fully saturated rings. The van der Waals surface area contributed by atoms with Gasteiger partial charge in [-0.1, -0.05) is 36.6 Å². The van der Waals surface area contributed by atoms with Crippen LogP contribution in [0.3, 0.4) is 0 Å². The van der Waals surface area contributed by atoms with Gasteiger partial charge in [0.1, 0.15) is 0 Å². The molecule has 1 aromatic carbocycles. The summed E-state index contributed by atoms with van der Waals surface area (Å²) >= 11 is 5.97. The molecular formula is C16H23ClN2O. The molecular weight excluding hydrogens is 272 g/mol. The third-order valence-electron chi connectivity index (χ3n) is 4.25. The van der Waals surface area contributed by atoms with E-state index in [9.17, 15) is 4.79 Å². The minimum atomic E-state index is 0.0863. The summed E-state index contributed by atoms with van der Waals surface area (Å²) in [6.45, 7) is 1.29. The van der Waals surface area contributed by atoms with E-state index in [1.165, 1.54) is 18.4 Å². The molecule has 0 radical (unpaired) electrons. The van der Waals surface area contributed by atoms with Crippen molar-refractivity contribution < 1.29 is 4.79 Å². The molecule has 2 rings (SSSR count). The first kappa shape index (κ1) is 15.3. The molecule has 1 saturated carbocycles. The van der Waals surface area contributed by atoms with E-state index in [1.54, 1.807) is 0 Å². The van der Waals surface area contributed by atoms with E-state index in [4.69, 9.17) is 17.3 Å². The van der Waals surface area contributed by atoms with Crippen molar-refractivity contribution in [1.29, 1.82) is 0 Å². The minimum Gasteiger partial charge on any atom is -0.355 e. The van der Waals surface area contributed by atoms with Crippen LogP contribution in [-0.4, -0.2) is 19.0 Å². The van der Waals surface area contributed by atoms with Crippen LogP contribution in [0.2, 0.25) is 5.02 Å². The highest BCUT2D eigenvalue weighted by Crippen LogP contribution is 2.40. The topological polar surface area (TPSA) is 55.1 Å². The molecule has 0 saturated heterocycles. The molecule has 3 N–H and O–H groups in total. The summed E-state index contributed by atoms with van der Waals surface area (Å²) < 4.78 is 0. The van der Waals surface area contributed by atoms with Crippen LogP contribution in [0.4, 0.5) is 0 Å². The molecule has 20 heavy (non-hydrogen) atoms. The molecule has 4 heteroatoms. The Morgan fingerprint density at radius 2 is 1.90 bits per heavy atom. The number of carbonyl (C=O) groups is 1. The summed E-state index contributed by atoms with van der Waals surface area (Å²) in [5.41, 5.74) is 6.81. The van der Waals surface area contributed by atoms with Gasteiger partial charge in [-0.05, 0) is 43.5 Å². The summed E-state index contributed by atoms with van der Waals surface area (Å²) in [6.07, 6.45) is 5.98. The van der Waals surface area contributed by atoms with Gasteiger partial charge in [-0.15, -0.1) is 0 Å². The summed E-state index contributed by atoms with van der Waals surface area (Å²) in [4.78, 5) is 11.8. The van der Waals surface area contributed by atoms with Crippen LogP contribution >= 0.6 is 11.6 Å². The number of nitrogens with one attached hydrogen (secondary N) is 1. The van der Waals surface area contributed by atoms with Crippen molar-refractivity contribution in [2.75, 3.05) is 13.1 Å². The number of halogens is 1. The van der Waals surface area contributed by atoms with Gasteiger partial charge in [-0.2, -0.15) is 0 Å². The van der Waals surface area contributed by atoms with Gasteiger partial charge >= 0.3 is 0 Å². The highest BCUT2D eigenvalue weighted by atomic mass is 35.5.